The lowest BCUT2D eigenvalue weighted by molar-refractivity contribution is -0.144. The number of fused-ring (bicyclic) bond motifs is 2. The molecule has 0 radical (unpaired) electrons. The standard InChI is InChI=1S/C12H19NO6S/c1-19-9(14)4-5-20(17,18)13-11-8-3-2-7(6-8)10(11)12(15)16/h7-8,10-11,13H,2-6H2,1H3,(H,15,16). The van der Waals surface area contributed by atoms with Gasteiger partial charge in [-0.15, -0.1) is 0 Å². The van der Waals surface area contributed by atoms with Gasteiger partial charge >= 0.3 is 11.9 Å². The van der Waals surface area contributed by atoms with Gasteiger partial charge in [-0.1, -0.05) is 0 Å². The Morgan fingerprint density at radius 3 is 2.55 bits per heavy atom. The molecule has 114 valence electrons. The zero-order valence-electron chi connectivity index (χ0n) is 11.2. The summed E-state index contributed by atoms with van der Waals surface area (Å²) in [5.41, 5.74) is 0. The molecule has 2 aliphatic rings. The summed E-state index contributed by atoms with van der Waals surface area (Å²) in [6, 6.07) is -0.547. The third-order valence-corrected chi connectivity index (χ3v) is 5.69. The molecule has 0 saturated heterocycles. The highest BCUT2D eigenvalue weighted by atomic mass is 32.2. The van der Waals surface area contributed by atoms with E-state index in [-0.39, 0.29) is 24.0 Å². The largest absolute Gasteiger partial charge is 0.481 e. The molecule has 2 N–H and O–H groups in total. The predicted molar refractivity (Wildman–Crippen MR) is 69.3 cm³/mol. The molecule has 2 rings (SSSR count). The van der Waals surface area contributed by atoms with Crippen LogP contribution in [0.5, 0.6) is 0 Å². The van der Waals surface area contributed by atoms with E-state index in [1.54, 1.807) is 0 Å². The zero-order valence-corrected chi connectivity index (χ0v) is 12.1. The second kappa shape index (κ2) is 5.69. The number of carbonyl (C=O) groups excluding carboxylic acids is 1. The van der Waals surface area contributed by atoms with Gasteiger partial charge in [-0.25, -0.2) is 13.1 Å². The number of nitrogens with one attached hydrogen (secondary N) is 1. The normalized spacial score (nSPS) is 32.2. The molecule has 0 amide bonds. The van der Waals surface area contributed by atoms with Crippen molar-refractivity contribution in [2.75, 3.05) is 12.9 Å². The van der Waals surface area contributed by atoms with Crippen LogP contribution in [-0.4, -0.2) is 44.4 Å². The van der Waals surface area contributed by atoms with Crippen LogP contribution in [-0.2, 0) is 24.3 Å². The van der Waals surface area contributed by atoms with Crippen LogP contribution in [0.1, 0.15) is 25.7 Å². The fourth-order valence-corrected chi connectivity index (χ4v) is 4.71. The molecule has 2 aliphatic carbocycles. The van der Waals surface area contributed by atoms with Crippen LogP contribution in [0.25, 0.3) is 0 Å². The van der Waals surface area contributed by atoms with Crippen LogP contribution < -0.4 is 4.72 Å². The van der Waals surface area contributed by atoms with E-state index >= 15 is 0 Å². The van der Waals surface area contributed by atoms with Crippen molar-refractivity contribution < 1.29 is 27.9 Å². The molecule has 4 unspecified atom stereocenters. The monoisotopic (exact) mass is 305 g/mol. The van der Waals surface area contributed by atoms with E-state index < -0.39 is 33.9 Å². The van der Waals surface area contributed by atoms with E-state index in [1.807, 2.05) is 0 Å². The van der Waals surface area contributed by atoms with Gasteiger partial charge in [0.1, 0.15) is 0 Å². The first-order chi connectivity index (χ1) is 9.34. The Bertz CT molecular complexity index is 502. The second-order valence-corrected chi connectivity index (χ2v) is 7.36. The summed E-state index contributed by atoms with van der Waals surface area (Å²) in [5, 5.41) is 9.25. The molecule has 0 aliphatic heterocycles. The summed E-state index contributed by atoms with van der Waals surface area (Å²) >= 11 is 0. The number of rotatable bonds is 6. The van der Waals surface area contributed by atoms with Gasteiger partial charge in [0, 0.05) is 6.04 Å². The average Bonchev–Trinajstić information content (AvgIpc) is 2.96. The fourth-order valence-electron chi connectivity index (χ4n) is 3.40. The number of esters is 1. The van der Waals surface area contributed by atoms with Gasteiger partial charge in [-0.05, 0) is 31.1 Å². The van der Waals surface area contributed by atoms with E-state index in [2.05, 4.69) is 9.46 Å². The van der Waals surface area contributed by atoms with Gasteiger partial charge in [0.25, 0.3) is 0 Å². The molecule has 2 fully saturated rings. The first-order valence-corrected chi connectivity index (χ1v) is 8.29. The van der Waals surface area contributed by atoms with Gasteiger partial charge in [-0.2, -0.15) is 0 Å². The van der Waals surface area contributed by atoms with Gasteiger partial charge < -0.3 is 9.84 Å². The van der Waals surface area contributed by atoms with Crippen LogP contribution in [0, 0.1) is 17.8 Å². The van der Waals surface area contributed by atoms with Crippen molar-refractivity contribution in [1.29, 1.82) is 0 Å². The average molecular weight is 305 g/mol. The number of carbonyl (C=O) groups is 2. The summed E-state index contributed by atoms with van der Waals surface area (Å²) < 4.78 is 30.8. The topological polar surface area (TPSA) is 110 Å². The molecule has 4 atom stereocenters. The Labute approximate surface area is 117 Å². The molecule has 2 bridgehead atoms. The summed E-state index contributed by atoms with van der Waals surface area (Å²) in [7, 11) is -2.48. The minimum Gasteiger partial charge on any atom is -0.481 e. The highest BCUT2D eigenvalue weighted by Crippen LogP contribution is 2.48. The van der Waals surface area contributed by atoms with Crippen molar-refractivity contribution >= 4 is 22.0 Å². The Morgan fingerprint density at radius 1 is 1.30 bits per heavy atom. The molecule has 0 aromatic carbocycles. The van der Waals surface area contributed by atoms with Gasteiger partial charge in [0.2, 0.25) is 10.0 Å². The van der Waals surface area contributed by atoms with Crippen molar-refractivity contribution in [3.63, 3.8) is 0 Å². The zero-order chi connectivity index (χ0) is 14.9. The van der Waals surface area contributed by atoms with Crippen molar-refractivity contribution in [1.82, 2.24) is 4.72 Å². The minimum atomic E-state index is -3.67. The van der Waals surface area contributed by atoms with Gasteiger partial charge in [0.05, 0.1) is 25.2 Å². The second-order valence-electron chi connectivity index (χ2n) is 5.49. The van der Waals surface area contributed by atoms with E-state index in [9.17, 15) is 23.1 Å². The third-order valence-electron chi connectivity index (χ3n) is 4.32. The molecule has 0 heterocycles. The summed E-state index contributed by atoms with van der Waals surface area (Å²) in [4.78, 5) is 22.3. The molecule has 20 heavy (non-hydrogen) atoms. The van der Waals surface area contributed by atoms with Crippen LogP contribution in [0.4, 0.5) is 0 Å². The molecule has 2 saturated carbocycles. The number of ether oxygens (including phenoxy) is 1. The van der Waals surface area contributed by atoms with E-state index in [0.29, 0.717) is 0 Å². The lowest BCUT2D eigenvalue weighted by Crippen LogP contribution is -2.47. The van der Waals surface area contributed by atoms with Crippen molar-refractivity contribution in [2.24, 2.45) is 17.8 Å². The van der Waals surface area contributed by atoms with Gasteiger partial charge in [0.15, 0.2) is 0 Å². The summed E-state index contributed by atoms with van der Waals surface area (Å²) in [6.07, 6.45) is 2.24. The van der Waals surface area contributed by atoms with Crippen LogP contribution >= 0.6 is 0 Å². The summed E-state index contributed by atoms with van der Waals surface area (Å²) in [5.74, 6) is -2.42. The molecule has 0 aromatic rings. The number of methoxy groups -OCH3 is 1. The minimum absolute atomic E-state index is 0.0609. The molecule has 7 nitrogen and oxygen atoms in total. The molecule has 0 spiro atoms. The van der Waals surface area contributed by atoms with Gasteiger partial charge in [-0.3, -0.25) is 9.59 Å². The van der Waals surface area contributed by atoms with Crippen LogP contribution in [0.2, 0.25) is 0 Å². The SMILES string of the molecule is COC(=O)CCS(=O)(=O)NC1C2CCC(C2)C1C(=O)O. The Balaban J connectivity index is 2.01. The van der Waals surface area contributed by atoms with Crippen molar-refractivity contribution in [2.45, 2.75) is 31.7 Å². The highest BCUT2D eigenvalue weighted by molar-refractivity contribution is 7.89. The van der Waals surface area contributed by atoms with E-state index in [4.69, 9.17) is 0 Å². The van der Waals surface area contributed by atoms with Crippen LogP contribution in [0.3, 0.4) is 0 Å². The number of carboxylic acid groups (broad SMARTS) is 1. The van der Waals surface area contributed by atoms with E-state index in [0.717, 1.165) is 19.3 Å². The van der Waals surface area contributed by atoms with Crippen molar-refractivity contribution in [3.05, 3.63) is 0 Å². The maximum absolute atomic E-state index is 11.9. The quantitative estimate of drug-likeness (QED) is 0.667. The Morgan fingerprint density at radius 2 is 1.95 bits per heavy atom. The molecule has 0 aromatic heterocycles. The maximum atomic E-state index is 11.9. The maximum Gasteiger partial charge on any atom is 0.308 e. The fraction of sp³-hybridized carbons (Fsp3) is 0.833. The third kappa shape index (κ3) is 3.12. The number of hydrogen-bond donors (Lipinski definition) is 2. The molecular formula is C12H19NO6S. The number of carboxylic acids is 1. The number of aliphatic carboxylic acids is 1. The first kappa shape index (κ1) is 15.2. The van der Waals surface area contributed by atoms with E-state index in [1.165, 1.54) is 7.11 Å². The predicted octanol–water partition coefficient (Wildman–Crippen LogP) is -0.0318. The molecule has 8 heteroatoms. The highest BCUT2D eigenvalue weighted by Gasteiger charge is 2.52. The number of hydrogen-bond acceptors (Lipinski definition) is 5. The van der Waals surface area contributed by atoms with Crippen molar-refractivity contribution in [3.8, 4) is 0 Å². The smallest absolute Gasteiger partial charge is 0.308 e. The summed E-state index contributed by atoms with van der Waals surface area (Å²) in [6.45, 7) is 0. The van der Waals surface area contributed by atoms with Crippen LogP contribution in [0.15, 0.2) is 0 Å². The Kier molecular flexibility index (Phi) is 4.33. The molecular weight excluding hydrogens is 286 g/mol. The Hall–Kier alpha value is -1.15. The lowest BCUT2D eigenvalue weighted by atomic mass is 9.85. The lowest BCUT2D eigenvalue weighted by Gasteiger charge is -2.28. The first-order valence-electron chi connectivity index (χ1n) is 6.63. The number of sulfonamides is 1.